The van der Waals surface area contributed by atoms with Crippen LogP contribution in [0.2, 0.25) is 0 Å². The van der Waals surface area contributed by atoms with Crippen LogP contribution in [0.15, 0.2) is 54.7 Å². The van der Waals surface area contributed by atoms with E-state index in [9.17, 15) is 4.79 Å². The lowest BCUT2D eigenvalue weighted by atomic mass is 9.96. The van der Waals surface area contributed by atoms with Crippen LogP contribution in [-0.4, -0.2) is 76.9 Å². The molecule has 2 N–H and O–H groups in total. The monoisotopic (exact) mass is 576 g/mol. The van der Waals surface area contributed by atoms with E-state index in [4.69, 9.17) is 21.7 Å². The summed E-state index contributed by atoms with van der Waals surface area (Å²) in [6.45, 7) is 10.5. The third-order valence-electron chi connectivity index (χ3n) is 8.05. The second-order valence-corrected chi connectivity index (χ2v) is 11.0. The lowest BCUT2D eigenvalue weighted by molar-refractivity contribution is -0.116. The third-order valence-corrected chi connectivity index (χ3v) is 8.40. The van der Waals surface area contributed by atoms with E-state index in [0.717, 1.165) is 51.5 Å². The summed E-state index contributed by atoms with van der Waals surface area (Å²) in [5.74, 6) is 0.541. The summed E-state index contributed by atoms with van der Waals surface area (Å²) in [6.07, 6.45) is 3.17. The van der Waals surface area contributed by atoms with Crippen molar-refractivity contribution < 1.29 is 14.3 Å². The number of rotatable bonds is 11. The Morgan fingerprint density at radius 2 is 1.90 bits per heavy atom. The first-order chi connectivity index (χ1) is 20.0. The maximum absolute atomic E-state index is 13.0. The number of benzene rings is 1. The number of thiocarbonyl (C=S) groups is 1. The number of nitrogens with one attached hydrogen (secondary N) is 2. The summed E-state index contributed by atoms with van der Waals surface area (Å²) in [5.41, 5.74) is 5.25. The lowest BCUT2D eigenvalue weighted by Gasteiger charge is -2.28. The van der Waals surface area contributed by atoms with Crippen LogP contribution in [0, 0.1) is 13.8 Å². The maximum atomic E-state index is 13.0. The SMILES string of the molecule is COc1ccccc1NC(=O)CCN1C(=S)NC(c2ccccn2)C1c1cc(C)n(CCCN2CCOCC2)c1C. The number of ether oxygens (including phenoxy) is 2. The zero-order chi connectivity index (χ0) is 28.8. The molecule has 0 aliphatic carbocycles. The molecule has 0 saturated carbocycles. The van der Waals surface area contributed by atoms with Crippen LogP contribution in [0.5, 0.6) is 5.75 Å². The number of hydrogen-bond acceptors (Lipinski definition) is 6. The first-order valence-electron chi connectivity index (χ1n) is 14.3. The molecule has 2 atom stereocenters. The topological polar surface area (TPSA) is 83.9 Å². The van der Waals surface area contributed by atoms with Gasteiger partial charge < -0.3 is 29.6 Å². The summed E-state index contributed by atoms with van der Waals surface area (Å²) in [4.78, 5) is 22.3. The largest absolute Gasteiger partial charge is 0.495 e. The molecule has 0 radical (unpaired) electrons. The van der Waals surface area contributed by atoms with Crippen molar-refractivity contribution in [3.63, 3.8) is 0 Å². The predicted octanol–water partition coefficient (Wildman–Crippen LogP) is 4.23. The number of pyridine rings is 1. The van der Waals surface area contributed by atoms with Crippen LogP contribution in [-0.2, 0) is 16.1 Å². The summed E-state index contributed by atoms with van der Waals surface area (Å²) in [5, 5.41) is 7.14. The highest BCUT2D eigenvalue weighted by atomic mass is 32.1. The van der Waals surface area contributed by atoms with Crippen LogP contribution in [0.1, 0.15) is 47.6 Å². The number of aromatic nitrogens is 2. The Balaban J connectivity index is 1.34. The van der Waals surface area contributed by atoms with E-state index in [1.807, 2.05) is 48.7 Å². The van der Waals surface area contributed by atoms with Gasteiger partial charge in [0.05, 0.1) is 43.8 Å². The quantitative estimate of drug-likeness (QED) is 0.328. The molecule has 2 fully saturated rings. The smallest absolute Gasteiger partial charge is 0.226 e. The minimum Gasteiger partial charge on any atom is -0.495 e. The molecule has 2 aliphatic heterocycles. The minimum atomic E-state index is -0.122. The number of carbonyl (C=O) groups is 1. The third kappa shape index (κ3) is 6.72. The molecule has 3 aromatic rings. The van der Waals surface area contributed by atoms with Gasteiger partial charge in [-0.3, -0.25) is 14.7 Å². The van der Waals surface area contributed by atoms with Crippen LogP contribution >= 0.6 is 12.2 Å². The molecule has 218 valence electrons. The summed E-state index contributed by atoms with van der Waals surface area (Å²) < 4.78 is 13.3. The Bertz CT molecular complexity index is 1340. The van der Waals surface area contributed by atoms with E-state index < -0.39 is 0 Å². The highest BCUT2D eigenvalue weighted by molar-refractivity contribution is 7.80. The van der Waals surface area contributed by atoms with Gasteiger partial charge in [0.1, 0.15) is 5.75 Å². The molecule has 5 rings (SSSR count). The number of morpholine rings is 1. The molecule has 1 aromatic carbocycles. The van der Waals surface area contributed by atoms with Gasteiger partial charge in [-0.15, -0.1) is 0 Å². The Labute approximate surface area is 247 Å². The molecule has 0 bridgehead atoms. The van der Waals surface area contributed by atoms with Crippen molar-refractivity contribution in [1.82, 2.24) is 24.7 Å². The minimum absolute atomic E-state index is 0.0874. The Morgan fingerprint density at radius 3 is 2.66 bits per heavy atom. The van der Waals surface area contributed by atoms with Gasteiger partial charge >= 0.3 is 0 Å². The zero-order valence-corrected chi connectivity index (χ0v) is 25.0. The lowest BCUT2D eigenvalue weighted by Crippen LogP contribution is -2.37. The molecule has 2 aromatic heterocycles. The molecule has 1 amide bonds. The van der Waals surface area contributed by atoms with Gasteiger partial charge in [0.25, 0.3) is 0 Å². The Hall–Kier alpha value is -3.47. The van der Waals surface area contributed by atoms with Gasteiger partial charge in [-0.2, -0.15) is 0 Å². The van der Waals surface area contributed by atoms with Crippen molar-refractivity contribution in [3.05, 3.63) is 77.4 Å². The summed E-state index contributed by atoms with van der Waals surface area (Å²) >= 11 is 5.85. The predicted molar refractivity (Wildman–Crippen MR) is 164 cm³/mol. The number of anilines is 1. The molecule has 4 heterocycles. The number of methoxy groups -OCH3 is 1. The van der Waals surface area contributed by atoms with Crippen molar-refractivity contribution in [2.75, 3.05) is 51.8 Å². The Kier molecular flexibility index (Phi) is 9.53. The van der Waals surface area contributed by atoms with Crippen LogP contribution in [0.25, 0.3) is 0 Å². The van der Waals surface area contributed by atoms with Crippen LogP contribution in [0.4, 0.5) is 5.69 Å². The average molecular weight is 577 g/mol. The second-order valence-electron chi connectivity index (χ2n) is 10.6. The van der Waals surface area contributed by atoms with Crippen molar-refractivity contribution in [1.29, 1.82) is 0 Å². The number of nitrogens with zero attached hydrogens (tertiary/aromatic N) is 4. The number of carbonyl (C=O) groups excluding carboxylic acids is 1. The molecule has 2 unspecified atom stereocenters. The van der Waals surface area contributed by atoms with E-state index in [-0.39, 0.29) is 24.4 Å². The number of para-hydroxylation sites is 2. The van der Waals surface area contributed by atoms with Gasteiger partial charge in [-0.1, -0.05) is 18.2 Å². The van der Waals surface area contributed by atoms with Crippen LogP contribution in [0.3, 0.4) is 0 Å². The van der Waals surface area contributed by atoms with E-state index in [0.29, 0.717) is 23.1 Å². The van der Waals surface area contributed by atoms with E-state index in [1.54, 1.807) is 7.11 Å². The maximum Gasteiger partial charge on any atom is 0.226 e. The second kappa shape index (κ2) is 13.5. The van der Waals surface area contributed by atoms with Gasteiger partial charge in [-0.05, 0) is 68.4 Å². The fourth-order valence-corrected chi connectivity index (χ4v) is 6.25. The number of hydrogen-bond donors (Lipinski definition) is 2. The van der Waals surface area contributed by atoms with E-state index in [1.165, 1.54) is 17.0 Å². The van der Waals surface area contributed by atoms with Crippen molar-refractivity contribution >= 4 is 28.9 Å². The van der Waals surface area contributed by atoms with Gasteiger partial charge in [0, 0.05) is 56.7 Å². The fourth-order valence-electron chi connectivity index (χ4n) is 5.92. The van der Waals surface area contributed by atoms with E-state index >= 15 is 0 Å². The molecule has 10 heteroatoms. The highest BCUT2D eigenvalue weighted by Crippen LogP contribution is 2.41. The molecule has 0 spiro atoms. The van der Waals surface area contributed by atoms with Crippen molar-refractivity contribution in [2.45, 2.75) is 45.3 Å². The molecule has 2 aliphatic rings. The summed E-state index contributed by atoms with van der Waals surface area (Å²) in [7, 11) is 1.60. The molecule has 2 saturated heterocycles. The van der Waals surface area contributed by atoms with E-state index in [2.05, 4.69) is 49.9 Å². The first kappa shape index (κ1) is 29.0. The average Bonchev–Trinajstić information content (AvgIpc) is 3.47. The number of aryl methyl sites for hydroxylation is 1. The van der Waals surface area contributed by atoms with Crippen molar-refractivity contribution in [2.24, 2.45) is 0 Å². The van der Waals surface area contributed by atoms with Crippen LogP contribution < -0.4 is 15.4 Å². The molecule has 41 heavy (non-hydrogen) atoms. The summed E-state index contributed by atoms with van der Waals surface area (Å²) in [6, 6.07) is 15.5. The normalized spacial score (nSPS) is 19.3. The van der Waals surface area contributed by atoms with Gasteiger partial charge in [-0.25, -0.2) is 0 Å². The number of amides is 1. The molecular weight excluding hydrogens is 536 g/mol. The molecular formula is C31H40N6O3S. The van der Waals surface area contributed by atoms with Gasteiger partial charge in [0.15, 0.2) is 5.11 Å². The first-order valence-corrected chi connectivity index (χ1v) is 14.7. The molecule has 9 nitrogen and oxygen atoms in total. The highest BCUT2D eigenvalue weighted by Gasteiger charge is 2.41. The fraction of sp³-hybridized carbons (Fsp3) is 0.452. The van der Waals surface area contributed by atoms with Crippen molar-refractivity contribution in [3.8, 4) is 5.75 Å². The Morgan fingerprint density at radius 1 is 1.12 bits per heavy atom. The van der Waals surface area contributed by atoms with Gasteiger partial charge in [0.2, 0.25) is 5.91 Å². The standard InChI is InChI=1S/C31H40N6O3S/c1-22-21-24(23(2)36(22)15-8-14-35-17-19-40-20-18-35)30-29(26-10-6-7-13-32-26)34-31(41)37(30)16-12-28(38)33-25-9-4-5-11-27(25)39-3/h4-7,9-11,13,21,29-30H,8,12,14-20H2,1-3H3,(H,33,38)(H,34,41). The zero-order valence-electron chi connectivity index (χ0n) is 24.1.